The highest BCUT2D eigenvalue weighted by molar-refractivity contribution is 6.40. The van der Waals surface area contributed by atoms with E-state index in [-0.39, 0.29) is 33.4 Å². The molecule has 0 aliphatic rings. The summed E-state index contributed by atoms with van der Waals surface area (Å²) < 4.78 is 0. The van der Waals surface area contributed by atoms with E-state index in [0.717, 1.165) is 12.8 Å². The number of hydrogen-bond donors (Lipinski definition) is 3. The van der Waals surface area contributed by atoms with Crippen LogP contribution >= 0.6 is 23.2 Å². The molecular weight excluding hydrogens is 495 g/mol. The molecule has 9 nitrogen and oxygen atoms in total. The summed E-state index contributed by atoms with van der Waals surface area (Å²) in [6, 6.07) is 5.64. The van der Waals surface area contributed by atoms with Crippen LogP contribution in [0.4, 0.5) is 17.1 Å². The van der Waals surface area contributed by atoms with Crippen molar-refractivity contribution in [3.8, 4) is 0 Å². The number of amides is 1. The van der Waals surface area contributed by atoms with Gasteiger partial charge < -0.3 is 20.6 Å². The number of pyridine rings is 1. The van der Waals surface area contributed by atoms with Crippen LogP contribution in [0.3, 0.4) is 0 Å². The molecule has 1 aromatic heterocycles. The summed E-state index contributed by atoms with van der Waals surface area (Å²) in [5.74, 6) is -1.61. The van der Waals surface area contributed by atoms with E-state index in [1.807, 2.05) is 6.92 Å². The van der Waals surface area contributed by atoms with Crippen LogP contribution in [0, 0.1) is 0 Å². The molecule has 0 unspecified atom stereocenters. The number of carbonyl (C=O) groups excluding carboxylic acids is 1. The Kier molecular flexibility index (Phi) is 8.48. The van der Waals surface area contributed by atoms with Gasteiger partial charge in [-0.15, -0.1) is 0 Å². The number of aliphatic carboxylic acids is 1. The van der Waals surface area contributed by atoms with E-state index < -0.39 is 28.8 Å². The Morgan fingerprint density at radius 1 is 1.09 bits per heavy atom. The van der Waals surface area contributed by atoms with Crippen LogP contribution in [0.2, 0.25) is 10.0 Å². The van der Waals surface area contributed by atoms with Crippen molar-refractivity contribution in [1.82, 2.24) is 4.98 Å². The Balaban J connectivity index is 1.81. The fourth-order valence-electron chi connectivity index (χ4n) is 3.61. The lowest BCUT2D eigenvalue weighted by atomic mass is 10.0. The average molecular weight is 519 g/mol. The molecule has 1 amide bonds. The number of unbranched alkanes of at least 4 members (excludes halogenated alkanes) is 1. The fourth-order valence-corrected chi connectivity index (χ4v) is 4.14. The number of nitrogens with one attached hydrogen (secondary N) is 2. The van der Waals surface area contributed by atoms with Gasteiger partial charge in [0, 0.05) is 31.7 Å². The summed E-state index contributed by atoms with van der Waals surface area (Å²) in [4.78, 5) is 54.0. The van der Waals surface area contributed by atoms with Crippen molar-refractivity contribution in [2.24, 2.45) is 0 Å². The van der Waals surface area contributed by atoms with E-state index in [2.05, 4.69) is 15.6 Å². The van der Waals surface area contributed by atoms with Crippen molar-refractivity contribution in [2.75, 3.05) is 29.1 Å². The van der Waals surface area contributed by atoms with Gasteiger partial charge in [-0.3, -0.25) is 24.2 Å². The number of anilines is 3. The van der Waals surface area contributed by atoms with Crippen LogP contribution in [-0.2, 0) is 4.79 Å². The minimum Gasteiger partial charge on any atom is -0.481 e. The molecule has 2 aromatic carbocycles. The van der Waals surface area contributed by atoms with Gasteiger partial charge in [0.05, 0.1) is 28.1 Å². The average Bonchev–Trinajstić information content (AvgIpc) is 2.81. The van der Waals surface area contributed by atoms with Gasteiger partial charge in [0.2, 0.25) is 0 Å². The van der Waals surface area contributed by atoms with Gasteiger partial charge in [0.25, 0.3) is 16.8 Å². The molecule has 0 saturated carbocycles. The highest BCUT2D eigenvalue weighted by Crippen LogP contribution is 2.29. The second kappa shape index (κ2) is 11.3. The first-order valence-corrected chi connectivity index (χ1v) is 11.6. The van der Waals surface area contributed by atoms with Gasteiger partial charge in [0.1, 0.15) is 11.4 Å². The Hall–Kier alpha value is -3.43. The van der Waals surface area contributed by atoms with E-state index in [1.54, 1.807) is 36.2 Å². The number of benzene rings is 1. The molecule has 0 fully saturated rings. The van der Waals surface area contributed by atoms with Gasteiger partial charge in [-0.05, 0) is 24.1 Å². The van der Waals surface area contributed by atoms with E-state index in [1.165, 1.54) is 12.4 Å². The molecule has 1 heterocycles. The Labute approximate surface area is 211 Å². The molecular formula is C24H24Cl2N4O5. The van der Waals surface area contributed by atoms with Gasteiger partial charge in [-0.2, -0.15) is 0 Å². The van der Waals surface area contributed by atoms with E-state index in [0.29, 0.717) is 17.8 Å². The summed E-state index contributed by atoms with van der Waals surface area (Å²) in [6.07, 6.45) is 4.05. The molecule has 35 heavy (non-hydrogen) atoms. The SMILES string of the molecule is CCCCN(C)c1c(N[C@@H](CC(=O)O)c2ccc(NC(=O)c3c(Cl)cncc3Cl)cc2)c(=O)c1=O. The third-order valence-electron chi connectivity index (χ3n) is 5.46. The lowest BCUT2D eigenvalue weighted by Gasteiger charge is -2.26. The lowest BCUT2D eigenvalue weighted by molar-refractivity contribution is -0.137. The van der Waals surface area contributed by atoms with Crippen LogP contribution in [-0.4, -0.2) is 35.6 Å². The monoisotopic (exact) mass is 518 g/mol. The van der Waals surface area contributed by atoms with Crippen LogP contribution in [0.15, 0.2) is 46.2 Å². The zero-order chi connectivity index (χ0) is 25.7. The third kappa shape index (κ3) is 5.98. The van der Waals surface area contributed by atoms with Crippen LogP contribution in [0.1, 0.15) is 48.1 Å². The molecule has 11 heteroatoms. The van der Waals surface area contributed by atoms with E-state index in [9.17, 15) is 24.3 Å². The van der Waals surface area contributed by atoms with Crippen molar-refractivity contribution in [2.45, 2.75) is 32.2 Å². The van der Waals surface area contributed by atoms with E-state index in [4.69, 9.17) is 23.2 Å². The number of carboxylic acids is 1. The number of carbonyl (C=O) groups is 2. The molecule has 3 aromatic rings. The maximum atomic E-state index is 12.6. The number of nitrogens with zero attached hydrogens (tertiary/aromatic N) is 2. The molecule has 3 N–H and O–H groups in total. The molecule has 0 spiro atoms. The van der Waals surface area contributed by atoms with Crippen LogP contribution in [0.5, 0.6) is 0 Å². The van der Waals surface area contributed by atoms with Crippen molar-refractivity contribution in [3.63, 3.8) is 0 Å². The maximum absolute atomic E-state index is 12.6. The first-order valence-electron chi connectivity index (χ1n) is 10.9. The first kappa shape index (κ1) is 26.2. The van der Waals surface area contributed by atoms with Gasteiger partial charge in [0.15, 0.2) is 0 Å². The molecule has 0 aliphatic heterocycles. The van der Waals surface area contributed by atoms with E-state index >= 15 is 0 Å². The van der Waals surface area contributed by atoms with Gasteiger partial charge in [-0.25, -0.2) is 0 Å². The van der Waals surface area contributed by atoms with Crippen LogP contribution < -0.4 is 26.4 Å². The summed E-state index contributed by atoms with van der Waals surface area (Å²) in [7, 11) is 1.72. The molecule has 184 valence electrons. The molecule has 0 aliphatic carbocycles. The Bertz CT molecular complexity index is 1280. The smallest absolute Gasteiger partial charge is 0.305 e. The van der Waals surface area contributed by atoms with Crippen molar-refractivity contribution >= 4 is 52.1 Å². The molecule has 0 bridgehead atoms. The second-order valence-corrected chi connectivity index (χ2v) is 8.82. The second-order valence-electron chi connectivity index (χ2n) is 8.01. The summed E-state index contributed by atoms with van der Waals surface area (Å²) in [5.41, 5.74) is 0.164. The highest BCUT2D eigenvalue weighted by atomic mass is 35.5. The number of hydrogen-bond acceptors (Lipinski definition) is 7. The normalized spacial score (nSPS) is 11.8. The predicted octanol–water partition coefficient (Wildman–Crippen LogP) is 4.10. The molecule has 0 radical (unpaired) electrons. The Morgan fingerprint density at radius 2 is 1.71 bits per heavy atom. The van der Waals surface area contributed by atoms with Crippen molar-refractivity contribution in [3.05, 3.63) is 78.3 Å². The minimum absolute atomic E-state index is 0.0812. The quantitative estimate of drug-likeness (QED) is 0.323. The summed E-state index contributed by atoms with van der Waals surface area (Å²) in [6.45, 7) is 2.61. The minimum atomic E-state index is -1.08. The van der Waals surface area contributed by atoms with Crippen molar-refractivity contribution < 1.29 is 14.7 Å². The summed E-state index contributed by atoms with van der Waals surface area (Å²) >= 11 is 12.1. The molecule has 1 atom stereocenters. The predicted molar refractivity (Wildman–Crippen MR) is 137 cm³/mol. The third-order valence-corrected chi connectivity index (χ3v) is 6.04. The first-order chi connectivity index (χ1) is 16.6. The molecule has 0 saturated heterocycles. The highest BCUT2D eigenvalue weighted by Gasteiger charge is 2.27. The number of halogens is 2. The summed E-state index contributed by atoms with van der Waals surface area (Å²) in [5, 5.41) is 15.2. The number of carboxylic acid groups (broad SMARTS) is 1. The Morgan fingerprint density at radius 3 is 2.29 bits per heavy atom. The topological polar surface area (TPSA) is 129 Å². The molecule has 3 rings (SSSR count). The van der Waals surface area contributed by atoms with Gasteiger partial charge >= 0.3 is 5.97 Å². The fraction of sp³-hybridized carbons (Fsp3) is 0.292. The van der Waals surface area contributed by atoms with Crippen LogP contribution in [0.25, 0.3) is 0 Å². The van der Waals surface area contributed by atoms with Gasteiger partial charge in [-0.1, -0.05) is 48.7 Å². The van der Waals surface area contributed by atoms with Crippen molar-refractivity contribution in [1.29, 1.82) is 0 Å². The largest absolute Gasteiger partial charge is 0.481 e. The number of aromatic nitrogens is 1. The lowest BCUT2D eigenvalue weighted by Crippen LogP contribution is -2.42. The zero-order valence-corrected chi connectivity index (χ0v) is 20.6. The number of rotatable bonds is 11. The standard InChI is InChI=1S/C24H24Cl2N4O5/c1-3-4-9-30(2)21-20(22(33)23(21)34)29-17(10-18(31)32)13-5-7-14(8-6-13)28-24(35)19-15(25)11-27-12-16(19)26/h5-8,11-12,17,29H,3-4,9-10H2,1-2H3,(H,28,35)(H,31,32)/t17-/m0/s1. The maximum Gasteiger partial charge on any atom is 0.305 e. The zero-order valence-electron chi connectivity index (χ0n) is 19.1.